The highest BCUT2D eigenvalue weighted by Crippen LogP contribution is 2.78. The average Bonchev–Trinajstić information content (AvgIpc) is 3.63. The van der Waals surface area contributed by atoms with E-state index in [4.69, 9.17) is 19.7 Å². The Kier molecular flexibility index (Phi) is 4.77. The molecule has 4 heterocycles. The molecule has 0 amide bonds. The van der Waals surface area contributed by atoms with Crippen molar-refractivity contribution in [1.82, 2.24) is 24.5 Å². The maximum absolute atomic E-state index is 13.6. The fourth-order valence-electron chi connectivity index (χ4n) is 6.63. The molecule has 3 aromatic heterocycles. The van der Waals surface area contributed by atoms with Gasteiger partial charge in [0.1, 0.15) is 11.3 Å². The van der Waals surface area contributed by atoms with E-state index in [1.165, 1.54) is 0 Å². The molecule has 0 aromatic carbocycles. The van der Waals surface area contributed by atoms with Crippen molar-refractivity contribution in [3.8, 4) is 0 Å². The Labute approximate surface area is 211 Å². The fraction of sp³-hybridized carbons (Fsp3) is 0.593. The number of halogens is 3. The molecule has 5 fully saturated rings. The van der Waals surface area contributed by atoms with Gasteiger partial charge in [0.25, 0.3) is 5.56 Å². The van der Waals surface area contributed by atoms with Crippen molar-refractivity contribution >= 4 is 11.2 Å². The zero-order chi connectivity index (χ0) is 25.7. The van der Waals surface area contributed by atoms with E-state index in [2.05, 4.69) is 4.98 Å². The molecule has 1 saturated heterocycles. The third kappa shape index (κ3) is 3.47. The summed E-state index contributed by atoms with van der Waals surface area (Å²) < 4.78 is 48.8. The SMILES string of the molecule is Cc1nc2nc([C@@H]3CCO[C@H](c4ccc(=O)n(C5CC5)c4)C3)nc(C34CC(C(F)(F)F)(C3)C4)c2nc1C. The quantitative estimate of drug-likeness (QED) is 0.482. The third-order valence-electron chi connectivity index (χ3n) is 9.02. The number of hydrogen-bond acceptors (Lipinski definition) is 6. The van der Waals surface area contributed by atoms with Crippen LogP contribution in [-0.2, 0) is 10.2 Å². The van der Waals surface area contributed by atoms with Gasteiger partial charge in [0, 0.05) is 36.2 Å². The first-order valence-electron chi connectivity index (χ1n) is 13.0. The Morgan fingerprint density at radius 1 is 1.00 bits per heavy atom. The number of pyridine rings is 1. The zero-order valence-electron chi connectivity index (χ0n) is 20.8. The second-order valence-electron chi connectivity index (χ2n) is 11.6. The summed E-state index contributed by atoms with van der Waals surface area (Å²) in [5.74, 6) is 0.574. The van der Waals surface area contributed by atoms with Gasteiger partial charge in [0.15, 0.2) is 5.65 Å². The van der Waals surface area contributed by atoms with Crippen molar-refractivity contribution in [2.75, 3.05) is 6.61 Å². The first-order chi connectivity index (χ1) is 17.6. The van der Waals surface area contributed by atoms with E-state index in [0.717, 1.165) is 29.8 Å². The van der Waals surface area contributed by atoms with E-state index in [0.29, 0.717) is 42.1 Å². The predicted octanol–water partition coefficient (Wildman–Crippen LogP) is 5.15. The largest absolute Gasteiger partial charge is 0.394 e. The molecule has 0 unspecified atom stereocenters. The van der Waals surface area contributed by atoms with E-state index < -0.39 is 17.0 Å². The van der Waals surface area contributed by atoms with Crippen LogP contribution in [0.5, 0.6) is 0 Å². The second kappa shape index (κ2) is 7.58. The van der Waals surface area contributed by atoms with Gasteiger partial charge in [0.2, 0.25) is 0 Å². The van der Waals surface area contributed by atoms with Gasteiger partial charge in [-0.15, -0.1) is 0 Å². The van der Waals surface area contributed by atoms with Gasteiger partial charge in [-0.25, -0.2) is 19.9 Å². The fourth-order valence-corrected chi connectivity index (χ4v) is 6.63. The van der Waals surface area contributed by atoms with Crippen molar-refractivity contribution in [2.24, 2.45) is 5.41 Å². The van der Waals surface area contributed by atoms with Crippen LogP contribution >= 0.6 is 0 Å². The molecule has 2 bridgehead atoms. The van der Waals surface area contributed by atoms with E-state index in [9.17, 15) is 18.0 Å². The molecule has 10 heteroatoms. The maximum Gasteiger partial charge on any atom is 0.394 e. The van der Waals surface area contributed by atoms with Crippen molar-refractivity contribution in [1.29, 1.82) is 0 Å². The lowest BCUT2D eigenvalue weighted by Gasteiger charge is -2.70. The van der Waals surface area contributed by atoms with Gasteiger partial charge < -0.3 is 9.30 Å². The first-order valence-corrected chi connectivity index (χ1v) is 13.0. The Morgan fingerprint density at radius 2 is 1.73 bits per heavy atom. The molecule has 7 nitrogen and oxygen atoms in total. The number of ether oxygens (including phenoxy) is 1. The Balaban J connectivity index is 1.25. The molecule has 8 rings (SSSR count). The monoisotopic (exact) mass is 511 g/mol. The van der Waals surface area contributed by atoms with Gasteiger partial charge in [-0.2, -0.15) is 13.2 Å². The smallest absolute Gasteiger partial charge is 0.373 e. The van der Waals surface area contributed by atoms with Crippen molar-refractivity contribution < 1.29 is 17.9 Å². The zero-order valence-corrected chi connectivity index (χ0v) is 20.8. The molecule has 194 valence electrons. The van der Waals surface area contributed by atoms with Crippen molar-refractivity contribution in [3.05, 3.63) is 57.2 Å². The van der Waals surface area contributed by atoms with Crippen LogP contribution in [-0.4, -0.2) is 37.3 Å². The lowest BCUT2D eigenvalue weighted by atomic mass is 9.34. The average molecular weight is 512 g/mol. The predicted molar refractivity (Wildman–Crippen MR) is 128 cm³/mol. The molecule has 3 aromatic rings. The molecule has 5 aliphatic rings. The van der Waals surface area contributed by atoms with Crippen LogP contribution < -0.4 is 5.56 Å². The highest BCUT2D eigenvalue weighted by Gasteiger charge is 2.79. The minimum absolute atomic E-state index is 0.000497. The van der Waals surface area contributed by atoms with Crippen molar-refractivity contribution in [2.45, 2.75) is 88.4 Å². The lowest BCUT2D eigenvalue weighted by Crippen LogP contribution is -2.70. The Morgan fingerprint density at radius 3 is 2.43 bits per heavy atom. The van der Waals surface area contributed by atoms with Gasteiger partial charge in [-0.1, -0.05) is 0 Å². The summed E-state index contributed by atoms with van der Waals surface area (Å²) in [6, 6.07) is 3.71. The van der Waals surface area contributed by atoms with Crippen LogP contribution in [0, 0.1) is 19.3 Å². The van der Waals surface area contributed by atoms with Gasteiger partial charge >= 0.3 is 6.18 Å². The number of rotatable bonds is 4. The number of nitrogens with zero attached hydrogens (tertiary/aromatic N) is 5. The molecule has 1 aliphatic heterocycles. The molecular weight excluding hydrogens is 483 g/mol. The summed E-state index contributed by atoms with van der Waals surface area (Å²) in [6.07, 6.45) is 1.06. The first kappa shape index (κ1) is 23.3. The van der Waals surface area contributed by atoms with Crippen LogP contribution in [0.15, 0.2) is 23.1 Å². The van der Waals surface area contributed by atoms with Gasteiger partial charge in [-0.05, 0) is 70.4 Å². The Hall–Kier alpha value is -2.88. The van der Waals surface area contributed by atoms with Crippen LogP contribution in [0.2, 0.25) is 0 Å². The molecule has 0 spiro atoms. The third-order valence-corrected chi connectivity index (χ3v) is 9.02. The van der Waals surface area contributed by atoms with E-state index in [1.807, 2.05) is 26.1 Å². The summed E-state index contributed by atoms with van der Waals surface area (Å²) in [5.41, 5.74) is 1.87. The van der Waals surface area contributed by atoms with E-state index in [-0.39, 0.29) is 42.9 Å². The maximum atomic E-state index is 13.6. The van der Waals surface area contributed by atoms with Crippen LogP contribution in [0.4, 0.5) is 13.2 Å². The number of aromatic nitrogens is 5. The van der Waals surface area contributed by atoms with E-state index >= 15 is 0 Å². The molecular formula is C27H28F3N5O2. The summed E-state index contributed by atoms with van der Waals surface area (Å²) in [6.45, 7) is 4.22. The minimum Gasteiger partial charge on any atom is -0.373 e. The Bertz CT molecular complexity index is 1480. The summed E-state index contributed by atoms with van der Waals surface area (Å²) in [4.78, 5) is 31.4. The summed E-state index contributed by atoms with van der Waals surface area (Å²) >= 11 is 0. The number of alkyl halides is 3. The molecule has 0 N–H and O–H groups in total. The van der Waals surface area contributed by atoms with Crippen LogP contribution in [0.3, 0.4) is 0 Å². The molecule has 0 radical (unpaired) electrons. The highest BCUT2D eigenvalue weighted by molar-refractivity contribution is 5.75. The van der Waals surface area contributed by atoms with Gasteiger partial charge in [-0.3, -0.25) is 4.79 Å². The van der Waals surface area contributed by atoms with E-state index in [1.54, 1.807) is 10.6 Å². The minimum atomic E-state index is -4.19. The lowest BCUT2D eigenvalue weighted by molar-refractivity contribution is -0.337. The highest BCUT2D eigenvalue weighted by atomic mass is 19.4. The number of fused-ring (bicyclic) bond motifs is 1. The summed E-state index contributed by atoms with van der Waals surface area (Å²) in [7, 11) is 0. The molecule has 4 aliphatic carbocycles. The summed E-state index contributed by atoms with van der Waals surface area (Å²) in [5, 5.41) is 0. The molecule has 37 heavy (non-hydrogen) atoms. The normalized spacial score (nSPS) is 31.2. The van der Waals surface area contributed by atoms with Crippen LogP contribution in [0.25, 0.3) is 11.2 Å². The number of aryl methyl sites for hydroxylation is 2. The number of hydrogen-bond donors (Lipinski definition) is 0. The van der Waals surface area contributed by atoms with Crippen LogP contribution in [0.1, 0.15) is 91.5 Å². The topological polar surface area (TPSA) is 82.8 Å². The second-order valence-corrected chi connectivity index (χ2v) is 11.6. The molecule has 2 atom stereocenters. The van der Waals surface area contributed by atoms with Gasteiger partial charge in [0.05, 0.1) is 28.6 Å². The van der Waals surface area contributed by atoms with Crippen molar-refractivity contribution in [3.63, 3.8) is 0 Å². The standard InChI is InChI=1S/C27H28F3N5O2/c1-14-15(2)32-24-21(31-14)22(25-11-26(12-25,13-25)27(28,29)30)33-23(34-24)16-7-8-37-19(9-16)17-3-6-20(36)35(10-17)18-4-5-18/h3,6,10,16,18-19H,4-5,7-9,11-13H2,1-2H3/t16-,19+,25?,26?/m1/s1. The molecule has 4 saturated carbocycles.